The molecule has 3 aromatic carbocycles. The Balaban J connectivity index is 1.75. The maximum absolute atomic E-state index is 16.3. The van der Waals surface area contributed by atoms with Crippen LogP contribution in [0.3, 0.4) is 0 Å². The molecule has 2 aliphatic rings. The minimum atomic E-state index is -1.56. The minimum Gasteiger partial charge on any atom is -0.495 e. The summed E-state index contributed by atoms with van der Waals surface area (Å²) in [6.45, 7) is 6.00. The summed E-state index contributed by atoms with van der Waals surface area (Å²) in [7, 11) is 1.42. The van der Waals surface area contributed by atoms with Crippen molar-refractivity contribution in [3.8, 4) is 11.8 Å². The van der Waals surface area contributed by atoms with Crippen LogP contribution in [0.4, 0.5) is 20.2 Å². The van der Waals surface area contributed by atoms with Gasteiger partial charge in [0.25, 0.3) is 0 Å². The minimum absolute atomic E-state index is 0.161. The van der Waals surface area contributed by atoms with Crippen LogP contribution < -0.4 is 20.7 Å². The normalized spacial score (nSPS) is 22.7. The molecule has 5 rings (SSSR count). The quantitative estimate of drug-likeness (QED) is 0.192. The van der Waals surface area contributed by atoms with Crippen LogP contribution >= 0.6 is 34.2 Å². The van der Waals surface area contributed by atoms with Crippen LogP contribution in [0.25, 0.3) is 0 Å². The summed E-state index contributed by atoms with van der Waals surface area (Å²) in [5.41, 5.74) is -0.0310. The monoisotopic (exact) mass is 718 g/mol. The van der Waals surface area contributed by atoms with Crippen LogP contribution in [0.1, 0.15) is 55.4 Å². The van der Waals surface area contributed by atoms with E-state index in [-0.39, 0.29) is 21.8 Å². The van der Waals surface area contributed by atoms with Gasteiger partial charge in [-0.15, -0.1) is 0 Å². The average molecular weight is 719 g/mol. The Morgan fingerprint density at radius 2 is 1.95 bits per heavy atom. The van der Waals surface area contributed by atoms with Gasteiger partial charge in [-0.3, -0.25) is 9.59 Å². The van der Waals surface area contributed by atoms with Crippen molar-refractivity contribution in [2.45, 2.75) is 55.0 Å². The third-order valence-corrected chi connectivity index (χ3v) is 9.27. The zero-order valence-corrected chi connectivity index (χ0v) is 26.9. The van der Waals surface area contributed by atoms with Gasteiger partial charge in [-0.25, -0.2) is 8.78 Å². The predicted octanol–water partition coefficient (Wildman–Crippen LogP) is 6.82. The number of benzene rings is 3. The molecule has 0 radical (unpaired) electrons. The van der Waals surface area contributed by atoms with Gasteiger partial charge >= 0.3 is 0 Å². The van der Waals surface area contributed by atoms with Crippen molar-refractivity contribution in [2.24, 2.45) is 5.41 Å². The van der Waals surface area contributed by atoms with Crippen LogP contribution in [0.15, 0.2) is 48.5 Å². The standard InChI is InChI=1S/C32H30ClF2IN4O3/c1-31(2,3)13-25-32(19-11-21(34)20(33)12-23(19)39-30(32)42)26(18-7-5-6-17(14-36)27(18)35)28(40-25)29(41)38-22-9-8-16(15-37)10-24(22)43-4/h5-12,25-26,28,40H,13-14H2,1-4H3,(H,38,41)(H,39,42)/t25-,26-,28+,32+/m0/s1. The van der Waals surface area contributed by atoms with Gasteiger partial charge in [-0.2, -0.15) is 5.26 Å². The Labute approximate surface area is 267 Å². The van der Waals surface area contributed by atoms with Crippen molar-refractivity contribution in [1.29, 1.82) is 5.26 Å². The fraction of sp³-hybridized carbons (Fsp3) is 0.344. The molecule has 0 saturated carbocycles. The molecule has 43 heavy (non-hydrogen) atoms. The van der Waals surface area contributed by atoms with E-state index in [2.05, 4.69) is 38.5 Å². The number of rotatable bonds is 6. The molecule has 3 aromatic rings. The predicted molar refractivity (Wildman–Crippen MR) is 170 cm³/mol. The number of nitrogens with zero attached hydrogens (tertiary/aromatic N) is 1. The van der Waals surface area contributed by atoms with Crippen molar-refractivity contribution >= 4 is 57.4 Å². The largest absolute Gasteiger partial charge is 0.495 e. The number of hydrogen-bond donors (Lipinski definition) is 3. The highest BCUT2D eigenvalue weighted by molar-refractivity contribution is 14.1. The molecule has 2 amide bonds. The molecule has 0 unspecified atom stereocenters. The first-order chi connectivity index (χ1) is 20.3. The molecular weight excluding hydrogens is 689 g/mol. The highest BCUT2D eigenvalue weighted by Gasteiger charge is 2.66. The first kappa shape index (κ1) is 31.2. The molecule has 11 heteroatoms. The van der Waals surface area contributed by atoms with E-state index >= 15 is 8.78 Å². The molecule has 3 N–H and O–H groups in total. The number of nitrogens with one attached hydrogen (secondary N) is 3. The lowest BCUT2D eigenvalue weighted by Gasteiger charge is -2.37. The van der Waals surface area contributed by atoms with Crippen molar-refractivity contribution in [3.63, 3.8) is 0 Å². The summed E-state index contributed by atoms with van der Waals surface area (Å²) in [5.74, 6) is -3.07. The lowest BCUT2D eigenvalue weighted by molar-refractivity contribution is -0.122. The van der Waals surface area contributed by atoms with Crippen LogP contribution in [0, 0.1) is 28.4 Å². The number of halogens is 4. The molecular formula is C32H30ClF2IN4O3. The summed E-state index contributed by atoms with van der Waals surface area (Å²) in [5, 5.41) is 18.3. The van der Waals surface area contributed by atoms with Gasteiger partial charge in [0.2, 0.25) is 11.8 Å². The number of anilines is 2. The molecule has 0 bridgehead atoms. The van der Waals surface area contributed by atoms with Gasteiger partial charge in [-0.05, 0) is 52.8 Å². The summed E-state index contributed by atoms with van der Waals surface area (Å²) in [6.07, 6.45) is 0.401. The smallest absolute Gasteiger partial charge is 0.242 e. The molecule has 224 valence electrons. The van der Waals surface area contributed by atoms with E-state index in [4.69, 9.17) is 16.3 Å². The molecule has 0 aromatic heterocycles. The van der Waals surface area contributed by atoms with E-state index < -0.39 is 46.9 Å². The molecule has 1 spiro atoms. The molecule has 1 fully saturated rings. The molecule has 7 nitrogen and oxygen atoms in total. The summed E-state index contributed by atoms with van der Waals surface area (Å²) in [4.78, 5) is 28.5. The Morgan fingerprint density at radius 3 is 2.60 bits per heavy atom. The molecule has 2 heterocycles. The zero-order valence-electron chi connectivity index (χ0n) is 23.9. The van der Waals surface area contributed by atoms with E-state index in [1.807, 2.05) is 26.8 Å². The van der Waals surface area contributed by atoms with Crippen molar-refractivity contribution in [2.75, 3.05) is 17.7 Å². The second-order valence-corrected chi connectivity index (χ2v) is 13.2. The second-order valence-electron chi connectivity index (χ2n) is 12.0. The third kappa shape index (κ3) is 5.36. The third-order valence-electron chi connectivity index (χ3n) is 8.16. The van der Waals surface area contributed by atoms with Gasteiger partial charge in [-0.1, -0.05) is 73.2 Å². The Morgan fingerprint density at radius 1 is 1.21 bits per heavy atom. The molecule has 2 aliphatic heterocycles. The first-order valence-corrected chi connectivity index (χ1v) is 15.5. The fourth-order valence-corrected chi connectivity index (χ4v) is 7.17. The number of carbonyl (C=O) groups excluding carboxylic acids is 2. The fourth-order valence-electron chi connectivity index (χ4n) is 6.42. The van der Waals surface area contributed by atoms with Crippen LogP contribution in [-0.2, 0) is 19.4 Å². The Kier molecular flexibility index (Phi) is 8.46. The maximum atomic E-state index is 16.3. The van der Waals surface area contributed by atoms with Crippen LogP contribution in [-0.4, -0.2) is 31.0 Å². The SMILES string of the molecule is COc1cc(C#N)ccc1NC(=O)[C@@H]1N[C@@H](CC(C)(C)C)[C@@]2(C(=O)Nc3cc(Cl)c(F)cc32)[C@H]1c1cccc(CI)c1F. The van der Waals surface area contributed by atoms with Gasteiger partial charge in [0.15, 0.2) is 0 Å². The summed E-state index contributed by atoms with van der Waals surface area (Å²) in [6, 6.07) is 12.3. The molecule has 0 aliphatic carbocycles. The van der Waals surface area contributed by atoms with Crippen LogP contribution in [0.2, 0.25) is 5.02 Å². The number of nitriles is 1. The Bertz CT molecular complexity index is 1670. The number of methoxy groups -OCH3 is 1. The molecule has 4 atom stereocenters. The number of alkyl halides is 1. The van der Waals surface area contributed by atoms with Crippen LogP contribution in [0.5, 0.6) is 5.75 Å². The second kappa shape index (κ2) is 11.7. The molecule has 1 saturated heterocycles. The lowest BCUT2D eigenvalue weighted by Crippen LogP contribution is -2.49. The van der Waals surface area contributed by atoms with E-state index in [0.717, 1.165) is 0 Å². The highest BCUT2D eigenvalue weighted by Crippen LogP contribution is 2.57. The first-order valence-electron chi connectivity index (χ1n) is 13.6. The summed E-state index contributed by atoms with van der Waals surface area (Å²) >= 11 is 8.18. The maximum Gasteiger partial charge on any atom is 0.242 e. The lowest BCUT2D eigenvalue weighted by atomic mass is 9.62. The van der Waals surface area contributed by atoms with Gasteiger partial charge in [0.1, 0.15) is 22.8 Å². The van der Waals surface area contributed by atoms with Gasteiger partial charge in [0.05, 0.1) is 35.5 Å². The van der Waals surface area contributed by atoms with E-state index in [0.29, 0.717) is 38.9 Å². The van der Waals surface area contributed by atoms with Crippen molar-refractivity contribution in [1.82, 2.24) is 5.32 Å². The number of hydrogen-bond acceptors (Lipinski definition) is 5. The van der Waals surface area contributed by atoms with Gasteiger partial charge in [0, 0.05) is 28.1 Å². The average Bonchev–Trinajstić information content (AvgIpc) is 3.43. The number of amides is 2. The Hall–Kier alpha value is -3.27. The van der Waals surface area contributed by atoms with Gasteiger partial charge < -0.3 is 20.7 Å². The van der Waals surface area contributed by atoms with Crippen molar-refractivity contribution in [3.05, 3.63) is 87.4 Å². The number of carbonyl (C=O) groups is 2. The summed E-state index contributed by atoms with van der Waals surface area (Å²) < 4.78 is 37.2. The zero-order chi connectivity index (χ0) is 31.3. The van der Waals surface area contributed by atoms with E-state index in [1.54, 1.807) is 30.3 Å². The number of ether oxygens (including phenoxy) is 1. The van der Waals surface area contributed by atoms with Crippen molar-refractivity contribution < 1.29 is 23.1 Å². The topological polar surface area (TPSA) is 103 Å². The highest BCUT2D eigenvalue weighted by atomic mass is 127. The van der Waals surface area contributed by atoms with E-state index in [1.165, 1.54) is 25.3 Å². The number of fused-ring (bicyclic) bond motifs is 2. The van der Waals surface area contributed by atoms with E-state index in [9.17, 15) is 14.9 Å².